The molecule has 1 aliphatic carbocycles. The molecule has 0 bridgehead atoms. The van der Waals surface area contributed by atoms with E-state index in [0.717, 1.165) is 18.4 Å². The maximum Gasteiger partial charge on any atom is 0.0656 e. The van der Waals surface area contributed by atoms with E-state index in [1.807, 2.05) is 0 Å². The minimum absolute atomic E-state index is 0.649. The smallest absolute Gasteiger partial charge is 0.0656 e. The highest BCUT2D eigenvalue weighted by atomic mass is 16.7. The molecule has 1 aliphatic heterocycles. The lowest BCUT2D eigenvalue weighted by Gasteiger charge is -2.35. The molecule has 3 heteroatoms. The van der Waals surface area contributed by atoms with Gasteiger partial charge >= 0.3 is 0 Å². The number of nitrogens with zero attached hydrogens (tertiary/aromatic N) is 1. The third-order valence-corrected chi connectivity index (χ3v) is 3.77. The van der Waals surface area contributed by atoms with Gasteiger partial charge in [0.25, 0.3) is 0 Å². The minimum Gasteiger partial charge on any atom is -0.316 e. The summed E-state index contributed by atoms with van der Waals surface area (Å²) in [7, 11) is 2.08. The molecule has 2 aliphatic rings. The van der Waals surface area contributed by atoms with Crippen molar-refractivity contribution >= 4 is 0 Å². The molecule has 1 saturated heterocycles. The zero-order valence-electron chi connectivity index (χ0n) is 9.33. The van der Waals surface area contributed by atoms with E-state index in [4.69, 9.17) is 4.84 Å². The number of hydrogen-bond donors (Lipinski definition) is 1. The van der Waals surface area contributed by atoms with Crippen LogP contribution >= 0.6 is 0 Å². The molecule has 3 nitrogen and oxygen atoms in total. The Balaban J connectivity index is 1.84. The first-order chi connectivity index (χ1) is 6.81. The van der Waals surface area contributed by atoms with E-state index >= 15 is 0 Å². The van der Waals surface area contributed by atoms with Crippen LogP contribution in [0.5, 0.6) is 0 Å². The predicted octanol–water partition coefficient (Wildman–Crippen LogP) is 1.26. The van der Waals surface area contributed by atoms with Gasteiger partial charge in [-0.3, -0.25) is 4.84 Å². The second-order valence-electron chi connectivity index (χ2n) is 4.61. The van der Waals surface area contributed by atoms with E-state index in [0.29, 0.717) is 6.04 Å². The van der Waals surface area contributed by atoms with Crippen molar-refractivity contribution in [2.24, 2.45) is 11.8 Å². The van der Waals surface area contributed by atoms with E-state index in [9.17, 15) is 0 Å². The molecule has 1 heterocycles. The number of hydroxylamine groups is 2. The Morgan fingerprint density at radius 2 is 2.07 bits per heavy atom. The third kappa shape index (κ3) is 2.10. The van der Waals surface area contributed by atoms with Crippen LogP contribution in [0.1, 0.15) is 26.2 Å². The number of hydrogen-bond acceptors (Lipinski definition) is 3. The predicted molar refractivity (Wildman–Crippen MR) is 56.9 cm³/mol. The van der Waals surface area contributed by atoms with Gasteiger partial charge in [-0.25, -0.2) is 0 Å². The monoisotopic (exact) mass is 198 g/mol. The quantitative estimate of drug-likeness (QED) is 0.691. The molecule has 82 valence electrons. The molecule has 1 N–H and O–H groups in total. The SMILES string of the molecule is CCON(C)C1CCC2CNCC2C1. The van der Waals surface area contributed by atoms with Crippen molar-refractivity contribution in [3.05, 3.63) is 0 Å². The fourth-order valence-corrected chi connectivity index (χ4v) is 2.91. The summed E-state index contributed by atoms with van der Waals surface area (Å²) in [5.74, 6) is 1.85. The van der Waals surface area contributed by atoms with Gasteiger partial charge in [0.05, 0.1) is 6.61 Å². The first-order valence-corrected chi connectivity index (χ1v) is 5.87. The zero-order valence-corrected chi connectivity index (χ0v) is 9.33. The molecule has 0 amide bonds. The molecule has 1 saturated carbocycles. The van der Waals surface area contributed by atoms with Gasteiger partial charge in [0.15, 0.2) is 0 Å². The van der Waals surface area contributed by atoms with E-state index in [2.05, 4.69) is 24.4 Å². The summed E-state index contributed by atoms with van der Waals surface area (Å²) in [6, 6.07) is 0.649. The van der Waals surface area contributed by atoms with Crippen molar-refractivity contribution in [3.63, 3.8) is 0 Å². The van der Waals surface area contributed by atoms with E-state index < -0.39 is 0 Å². The summed E-state index contributed by atoms with van der Waals surface area (Å²) in [4.78, 5) is 5.54. The van der Waals surface area contributed by atoms with E-state index in [1.165, 1.54) is 32.4 Å². The second kappa shape index (κ2) is 4.60. The van der Waals surface area contributed by atoms with Gasteiger partial charge in [0.2, 0.25) is 0 Å². The molecule has 2 rings (SSSR count). The Hall–Kier alpha value is -0.120. The molecule has 2 fully saturated rings. The molecule has 14 heavy (non-hydrogen) atoms. The molecule has 0 radical (unpaired) electrons. The summed E-state index contributed by atoms with van der Waals surface area (Å²) in [5.41, 5.74) is 0. The van der Waals surface area contributed by atoms with Crippen LogP contribution in [-0.2, 0) is 4.84 Å². The number of nitrogens with one attached hydrogen (secondary N) is 1. The zero-order chi connectivity index (χ0) is 9.97. The highest BCUT2D eigenvalue weighted by Crippen LogP contribution is 2.34. The van der Waals surface area contributed by atoms with E-state index in [-0.39, 0.29) is 0 Å². The van der Waals surface area contributed by atoms with Crippen LogP contribution in [0.4, 0.5) is 0 Å². The van der Waals surface area contributed by atoms with Crippen LogP contribution in [0.3, 0.4) is 0 Å². The van der Waals surface area contributed by atoms with Crippen LogP contribution in [0.2, 0.25) is 0 Å². The van der Waals surface area contributed by atoms with Gasteiger partial charge in [0, 0.05) is 13.1 Å². The third-order valence-electron chi connectivity index (χ3n) is 3.77. The maximum absolute atomic E-state index is 5.54. The Bertz CT molecular complexity index is 186. The highest BCUT2D eigenvalue weighted by Gasteiger charge is 2.35. The topological polar surface area (TPSA) is 24.5 Å². The van der Waals surface area contributed by atoms with Crippen LogP contribution in [0, 0.1) is 11.8 Å². The van der Waals surface area contributed by atoms with Crippen LogP contribution < -0.4 is 5.32 Å². The molecule has 3 unspecified atom stereocenters. The lowest BCUT2D eigenvalue weighted by molar-refractivity contribution is -0.173. The van der Waals surface area contributed by atoms with Gasteiger partial charge in [-0.05, 0) is 51.1 Å². The summed E-state index contributed by atoms with van der Waals surface area (Å²) in [5, 5.41) is 5.57. The Labute approximate surface area is 86.8 Å². The van der Waals surface area contributed by atoms with Crippen molar-refractivity contribution in [1.29, 1.82) is 0 Å². The summed E-state index contributed by atoms with van der Waals surface area (Å²) in [6.45, 7) is 5.31. The molecule has 0 spiro atoms. The van der Waals surface area contributed by atoms with Gasteiger partial charge < -0.3 is 5.32 Å². The Kier molecular flexibility index (Phi) is 3.42. The summed E-state index contributed by atoms with van der Waals surface area (Å²) >= 11 is 0. The van der Waals surface area contributed by atoms with Crippen molar-refractivity contribution < 1.29 is 4.84 Å². The average molecular weight is 198 g/mol. The van der Waals surface area contributed by atoms with Crippen molar-refractivity contribution in [2.75, 3.05) is 26.7 Å². The largest absolute Gasteiger partial charge is 0.316 e. The van der Waals surface area contributed by atoms with Gasteiger partial charge in [0.1, 0.15) is 0 Å². The van der Waals surface area contributed by atoms with Crippen molar-refractivity contribution in [3.8, 4) is 0 Å². The van der Waals surface area contributed by atoms with Gasteiger partial charge in [-0.2, -0.15) is 5.06 Å². The first-order valence-electron chi connectivity index (χ1n) is 5.87. The summed E-state index contributed by atoms with van der Waals surface area (Å²) < 4.78 is 0. The number of fused-ring (bicyclic) bond motifs is 1. The highest BCUT2D eigenvalue weighted by molar-refractivity contribution is 4.89. The lowest BCUT2D eigenvalue weighted by atomic mass is 9.79. The van der Waals surface area contributed by atoms with Gasteiger partial charge in [-0.15, -0.1) is 0 Å². The Morgan fingerprint density at radius 1 is 1.29 bits per heavy atom. The lowest BCUT2D eigenvalue weighted by Crippen LogP contribution is -2.38. The minimum atomic E-state index is 0.649. The number of rotatable bonds is 3. The fraction of sp³-hybridized carbons (Fsp3) is 1.00. The van der Waals surface area contributed by atoms with Crippen molar-refractivity contribution in [2.45, 2.75) is 32.2 Å². The van der Waals surface area contributed by atoms with Crippen molar-refractivity contribution in [1.82, 2.24) is 10.4 Å². The molecular weight excluding hydrogens is 176 g/mol. The van der Waals surface area contributed by atoms with Crippen LogP contribution in [0.15, 0.2) is 0 Å². The maximum atomic E-state index is 5.54. The average Bonchev–Trinajstić information content (AvgIpc) is 2.64. The van der Waals surface area contributed by atoms with Crippen LogP contribution in [0.25, 0.3) is 0 Å². The normalized spacial score (nSPS) is 37.5. The van der Waals surface area contributed by atoms with Gasteiger partial charge in [-0.1, -0.05) is 0 Å². The fourth-order valence-electron chi connectivity index (χ4n) is 2.91. The first kappa shape index (κ1) is 10.4. The Morgan fingerprint density at radius 3 is 2.86 bits per heavy atom. The molecule has 0 aromatic carbocycles. The summed E-state index contributed by atoms with van der Waals surface area (Å²) in [6.07, 6.45) is 3.99. The molecular formula is C11H22N2O. The second-order valence-corrected chi connectivity index (χ2v) is 4.61. The molecule has 3 atom stereocenters. The van der Waals surface area contributed by atoms with E-state index in [1.54, 1.807) is 0 Å². The molecule has 0 aromatic rings. The van der Waals surface area contributed by atoms with Crippen LogP contribution in [-0.4, -0.2) is 37.8 Å². The molecule has 0 aromatic heterocycles. The standard InChI is InChI=1S/C11H22N2O/c1-3-14-13(2)11-5-4-9-7-12-8-10(9)6-11/h9-12H,3-8H2,1-2H3.